The highest BCUT2D eigenvalue weighted by atomic mass is 16.5. The summed E-state index contributed by atoms with van der Waals surface area (Å²) >= 11 is 0. The number of aromatic nitrogens is 3. The number of nitriles is 1. The first-order chi connectivity index (χ1) is 14.7. The Morgan fingerprint density at radius 3 is 2.73 bits per heavy atom. The Hall–Kier alpha value is -3.57. The summed E-state index contributed by atoms with van der Waals surface area (Å²) in [5, 5.41) is 16.1. The van der Waals surface area contributed by atoms with Crippen LogP contribution in [0.4, 0.5) is 5.69 Å². The second-order valence-corrected chi connectivity index (χ2v) is 7.30. The molecule has 1 saturated heterocycles. The van der Waals surface area contributed by atoms with E-state index in [2.05, 4.69) is 31.4 Å². The summed E-state index contributed by atoms with van der Waals surface area (Å²) in [6.07, 6.45) is 3.36. The van der Waals surface area contributed by atoms with E-state index in [0.29, 0.717) is 28.7 Å². The highest BCUT2D eigenvalue weighted by molar-refractivity contribution is 5.95. The van der Waals surface area contributed by atoms with Crippen LogP contribution in [0, 0.1) is 11.3 Å². The van der Waals surface area contributed by atoms with Crippen LogP contribution in [0.2, 0.25) is 0 Å². The molecule has 1 aromatic carbocycles. The molecule has 1 unspecified atom stereocenters. The Bertz CT molecular complexity index is 1050. The minimum absolute atomic E-state index is 0.119. The number of rotatable bonds is 5. The Labute approximate surface area is 174 Å². The van der Waals surface area contributed by atoms with Crippen LogP contribution in [-0.4, -0.2) is 45.1 Å². The Kier molecular flexibility index (Phi) is 5.82. The predicted octanol–water partition coefficient (Wildman–Crippen LogP) is 3.21. The van der Waals surface area contributed by atoms with Gasteiger partial charge < -0.3 is 9.84 Å². The minimum Gasteiger partial charge on any atom is -0.339 e. The number of benzene rings is 1. The van der Waals surface area contributed by atoms with E-state index in [9.17, 15) is 10.1 Å². The van der Waals surface area contributed by atoms with E-state index in [0.717, 1.165) is 25.9 Å². The van der Waals surface area contributed by atoms with Gasteiger partial charge in [0, 0.05) is 12.1 Å². The summed E-state index contributed by atoms with van der Waals surface area (Å²) in [4.78, 5) is 23.6. The zero-order valence-electron chi connectivity index (χ0n) is 16.7. The number of hydrogen-bond acceptors (Lipinski definition) is 7. The number of nitrogens with one attached hydrogen (secondary N) is 1. The van der Waals surface area contributed by atoms with Gasteiger partial charge in [0.25, 0.3) is 0 Å². The first kappa shape index (κ1) is 19.7. The van der Waals surface area contributed by atoms with Gasteiger partial charge >= 0.3 is 0 Å². The predicted molar refractivity (Wildman–Crippen MR) is 110 cm³/mol. The van der Waals surface area contributed by atoms with E-state index in [1.54, 1.807) is 30.5 Å². The van der Waals surface area contributed by atoms with Crippen molar-refractivity contribution in [3.63, 3.8) is 0 Å². The van der Waals surface area contributed by atoms with Gasteiger partial charge in [0.15, 0.2) is 0 Å². The topological polar surface area (TPSA) is 108 Å². The number of carbonyl (C=O) groups excluding carboxylic acids is 1. The quantitative estimate of drug-likeness (QED) is 0.698. The van der Waals surface area contributed by atoms with Crippen LogP contribution in [0.25, 0.3) is 11.5 Å². The SMILES string of the molecule is CC(C(=O)Nc1ccccc1C#N)N1CCC(c2nc(-c3ccccn3)no2)CC1. The fourth-order valence-electron chi connectivity index (χ4n) is 3.63. The zero-order valence-corrected chi connectivity index (χ0v) is 16.7. The van der Waals surface area contributed by atoms with Crippen LogP contribution >= 0.6 is 0 Å². The molecular weight excluding hydrogens is 380 g/mol. The van der Waals surface area contributed by atoms with Gasteiger partial charge in [0.2, 0.25) is 17.6 Å². The lowest BCUT2D eigenvalue weighted by Crippen LogP contribution is -2.45. The maximum absolute atomic E-state index is 12.7. The molecule has 0 radical (unpaired) electrons. The average Bonchev–Trinajstić information content (AvgIpc) is 3.30. The lowest BCUT2D eigenvalue weighted by Gasteiger charge is -2.34. The van der Waals surface area contributed by atoms with Crippen molar-refractivity contribution in [2.75, 3.05) is 18.4 Å². The molecule has 4 rings (SSSR count). The van der Waals surface area contributed by atoms with Gasteiger partial charge in [-0.3, -0.25) is 14.7 Å². The van der Waals surface area contributed by atoms with Crippen molar-refractivity contribution < 1.29 is 9.32 Å². The molecule has 0 bridgehead atoms. The minimum atomic E-state index is -0.301. The zero-order chi connectivity index (χ0) is 20.9. The van der Waals surface area contributed by atoms with Crippen LogP contribution < -0.4 is 5.32 Å². The van der Waals surface area contributed by atoms with Crippen molar-refractivity contribution in [2.45, 2.75) is 31.7 Å². The van der Waals surface area contributed by atoms with Gasteiger partial charge in [-0.25, -0.2) is 0 Å². The maximum Gasteiger partial charge on any atom is 0.241 e. The summed E-state index contributed by atoms with van der Waals surface area (Å²) in [6.45, 7) is 3.39. The smallest absolute Gasteiger partial charge is 0.241 e. The van der Waals surface area contributed by atoms with Crippen LogP contribution in [0.1, 0.15) is 37.1 Å². The molecular formula is C22H22N6O2. The standard InChI is InChI=1S/C22H22N6O2/c1-15(21(29)25-18-7-3-2-6-17(18)14-23)28-12-9-16(10-13-28)22-26-20(27-30-22)19-8-4-5-11-24-19/h2-8,11,15-16H,9-10,12-13H2,1H3,(H,25,29). The third-order valence-electron chi connectivity index (χ3n) is 5.45. The number of pyridine rings is 1. The summed E-state index contributed by atoms with van der Waals surface area (Å²) in [5.74, 6) is 1.17. The molecule has 0 aliphatic carbocycles. The summed E-state index contributed by atoms with van der Waals surface area (Å²) < 4.78 is 5.48. The second-order valence-electron chi connectivity index (χ2n) is 7.30. The van der Waals surface area contributed by atoms with Crippen LogP contribution in [-0.2, 0) is 4.79 Å². The molecule has 3 aromatic rings. The third-order valence-corrected chi connectivity index (χ3v) is 5.45. The number of nitrogens with zero attached hydrogens (tertiary/aromatic N) is 5. The summed E-state index contributed by atoms with van der Waals surface area (Å²) in [5.41, 5.74) is 1.68. The molecule has 1 aliphatic rings. The van der Waals surface area contributed by atoms with E-state index in [4.69, 9.17) is 4.52 Å². The van der Waals surface area contributed by atoms with E-state index < -0.39 is 0 Å². The monoisotopic (exact) mass is 402 g/mol. The first-order valence-electron chi connectivity index (χ1n) is 9.94. The number of para-hydroxylation sites is 1. The van der Waals surface area contributed by atoms with Crippen molar-refractivity contribution in [3.05, 3.63) is 60.1 Å². The fourth-order valence-corrected chi connectivity index (χ4v) is 3.63. The number of piperidine rings is 1. The van der Waals surface area contributed by atoms with Gasteiger partial charge in [-0.1, -0.05) is 23.4 Å². The molecule has 0 saturated carbocycles. The number of likely N-dealkylation sites (tertiary alicyclic amines) is 1. The fraction of sp³-hybridized carbons (Fsp3) is 0.318. The highest BCUT2D eigenvalue weighted by Crippen LogP contribution is 2.29. The van der Waals surface area contributed by atoms with Gasteiger partial charge in [-0.15, -0.1) is 0 Å². The molecule has 1 fully saturated rings. The van der Waals surface area contributed by atoms with Gasteiger partial charge in [-0.2, -0.15) is 10.2 Å². The van der Waals surface area contributed by atoms with Crippen LogP contribution in [0.15, 0.2) is 53.2 Å². The van der Waals surface area contributed by atoms with Crippen LogP contribution in [0.3, 0.4) is 0 Å². The Morgan fingerprint density at radius 2 is 2.00 bits per heavy atom. The van der Waals surface area contributed by atoms with Crippen molar-refractivity contribution in [1.82, 2.24) is 20.0 Å². The summed E-state index contributed by atoms with van der Waals surface area (Å²) in [6, 6.07) is 14.4. The van der Waals surface area contributed by atoms with Gasteiger partial charge in [-0.05, 0) is 57.1 Å². The molecule has 2 aromatic heterocycles. The molecule has 1 atom stereocenters. The Morgan fingerprint density at radius 1 is 1.23 bits per heavy atom. The van der Waals surface area contributed by atoms with Crippen molar-refractivity contribution >= 4 is 11.6 Å². The van der Waals surface area contributed by atoms with Crippen molar-refractivity contribution in [3.8, 4) is 17.6 Å². The maximum atomic E-state index is 12.7. The van der Waals surface area contributed by atoms with Crippen molar-refractivity contribution in [1.29, 1.82) is 5.26 Å². The van der Waals surface area contributed by atoms with Crippen LogP contribution in [0.5, 0.6) is 0 Å². The number of anilines is 1. The second kappa shape index (κ2) is 8.84. The third kappa shape index (κ3) is 4.21. The van der Waals surface area contributed by atoms with Gasteiger partial charge in [0.1, 0.15) is 11.8 Å². The molecule has 0 spiro atoms. The molecule has 3 heterocycles. The van der Waals surface area contributed by atoms with E-state index in [1.165, 1.54) is 0 Å². The first-order valence-corrected chi connectivity index (χ1v) is 9.94. The molecule has 30 heavy (non-hydrogen) atoms. The number of carbonyl (C=O) groups is 1. The number of hydrogen-bond donors (Lipinski definition) is 1. The molecule has 152 valence electrons. The van der Waals surface area contributed by atoms with E-state index in [1.807, 2.05) is 25.1 Å². The van der Waals surface area contributed by atoms with Crippen molar-refractivity contribution in [2.24, 2.45) is 0 Å². The molecule has 8 nitrogen and oxygen atoms in total. The number of amides is 1. The largest absolute Gasteiger partial charge is 0.339 e. The highest BCUT2D eigenvalue weighted by Gasteiger charge is 2.30. The molecule has 1 amide bonds. The molecule has 1 N–H and O–H groups in total. The molecule has 1 aliphatic heterocycles. The lowest BCUT2D eigenvalue weighted by atomic mass is 9.95. The van der Waals surface area contributed by atoms with Gasteiger partial charge in [0.05, 0.1) is 17.3 Å². The van der Waals surface area contributed by atoms with E-state index >= 15 is 0 Å². The van der Waals surface area contributed by atoms with E-state index in [-0.39, 0.29) is 17.9 Å². The normalized spacial score (nSPS) is 16.0. The molecule has 8 heteroatoms. The summed E-state index contributed by atoms with van der Waals surface area (Å²) in [7, 11) is 0. The Balaban J connectivity index is 1.35. The lowest BCUT2D eigenvalue weighted by molar-refractivity contribution is -0.121. The average molecular weight is 402 g/mol.